The SMILES string of the molecule is CC(O)COC1(Oc2ccc(C3(c4ccc(OC5(OCC(C)O)OC5C)cc4)CCc4ccccc43)cc2)OC1C. The van der Waals surface area contributed by atoms with Crippen LogP contribution in [-0.2, 0) is 30.8 Å². The molecule has 6 rings (SSSR count). The van der Waals surface area contributed by atoms with Gasteiger partial charge in [-0.05, 0) is 87.1 Å². The first-order valence-corrected chi connectivity index (χ1v) is 14.3. The van der Waals surface area contributed by atoms with Crippen LogP contribution in [0, 0.1) is 0 Å². The maximum Gasteiger partial charge on any atom is 0.355 e. The van der Waals surface area contributed by atoms with E-state index >= 15 is 0 Å². The molecule has 3 aromatic carbocycles. The molecule has 8 nitrogen and oxygen atoms in total. The molecule has 41 heavy (non-hydrogen) atoms. The highest BCUT2D eigenvalue weighted by Crippen LogP contribution is 2.50. The topological polar surface area (TPSA) is 102 Å². The van der Waals surface area contributed by atoms with E-state index in [1.807, 2.05) is 38.1 Å². The normalized spacial score (nSPS) is 31.3. The Hall–Kier alpha value is -2.98. The minimum absolute atomic E-state index is 0.126. The first kappa shape index (κ1) is 28.2. The second-order valence-electron chi connectivity index (χ2n) is 11.4. The molecular weight excluding hydrogens is 524 g/mol. The average molecular weight is 563 g/mol. The molecule has 2 heterocycles. The van der Waals surface area contributed by atoms with Crippen LogP contribution in [0.3, 0.4) is 0 Å². The Labute approximate surface area is 240 Å². The van der Waals surface area contributed by atoms with Gasteiger partial charge in [-0.1, -0.05) is 48.5 Å². The van der Waals surface area contributed by atoms with Gasteiger partial charge in [0.2, 0.25) is 0 Å². The van der Waals surface area contributed by atoms with Gasteiger partial charge in [0.15, 0.2) is 12.2 Å². The molecule has 0 radical (unpaired) electrons. The quantitative estimate of drug-likeness (QED) is 0.243. The monoisotopic (exact) mass is 562 g/mol. The van der Waals surface area contributed by atoms with Gasteiger partial charge >= 0.3 is 11.9 Å². The van der Waals surface area contributed by atoms with Gasteiger partial charge < -0.3 is 38.6 Å². The Kier molecular flexibility index (Phi) is 7.34. The minimum atomic E-state index is -1.16. The Morgan fingerprint density at radius 1 is 0.732 bits per heavy atom. The Morgan fingerprint density at radius 2 is 1.17 bits per heavy atom. The lowest BCUT2D eigenvalue weighted by molar-refractivity contribution is -0.187. The molecule has 0 amide bonds. The molecule has 0 spiro atoms. The third-order valence-electron chi connectivity index (χ3n) is 8.08. The zero-order valence-corrected chi connectivity index (χ0v) is 23.9. The number of aliphatic hydroxyl groups is 2. The van der Waals surface area contributed by atoms with Gasteiger partial charge in [0.05, 0.1) is 25.4 Å². The van der Waals surface area contributed by atoms with E-state index in [-0.39, 0.29) is 30.8 Å². The van der Waals surface area contributed by atoms with Crippen LogP contribution in [0.15, 0.2) is 72.8 Å². The van der Waals surface area contributed by atoms with Crippen molar-refractivity contribution >= 4 is 0 Å². The number of rotatable bonds is 12. The number of ether oxygens (including phenoxy) is 6. The molecule has 2 fully saturated rings. The van der Waals surface area contributed by atoms with E-state index in [9.17, 15) is 10.2 Å². The molecule has 8 heteroatoms. The van der Waals surface area contributed by atoms with Crippen LogP contribution in [0.1, 0.15) is 56.4 Å². The number of hydrogen-bond acceptors (Lipinski definition) is 8. The molecule has 2 saturated heterocycles. The Morgan fingerprint density at radius 3 is 1.59 bits per heavy atom. The maximum absolute atomic E-state index is 9.64. The smallest absolute Gasteiger partial charge is 0.355 e. The van der Waals surface area contributed by atoms with Crippen LogP contribution in [-0.4, -0.2) is 59.8 Å². The summed E-state index contributed by atoms with van der Waals surface area (Å²) in [5.74, 6) is -1.05. The van der Waals surface area contributed by atoms with Crippen LogP contribution in [0.2, 0.25) is 0 Å². The highest BCUT2D eigenvalue weighted by molar-refractivity contribution is 5.57. The van der Waals surface area contributed by atoms with E-state index in [1.165, 1.54) is 11.1 Å². The molecule has 218 valence electrons. The minimum Gasteiger partial charge on any atom is -0.437 e. The van der Waals surface area contributed by atoms with Crippen molar-refractivity contribution in [2.75, 3.05) is 13.2 Å². The molecule has 0 bridgehead atoms. The lowest BCUT2D eigenvalue weighted by Gasteiger charge is -2.32. The Bertz CT molecular complexity index is 1280. The standard InChI is InChI=1S/C33H38O8/c1-21(34)19-36-32(23(3)38-32)40-28-13-9-26(10-14-28)31(18-17-25-7-5-6-8-30(25)31)27-11-15-29(16-12-27)41-33(24(4)39-33)37-20-22(2)35/h5-16,21-24,34-35H,17-20H2,1-4H3. The van der Waals surface area contributed by atoms with Crippen LogP contribution < -0.4 is 9.47 Å². The molecule has 6 atom stereocenters. The van der Waals surface area contributed by atoms with Gasteiger partial charge in [-0.15, -0.1) is 0 Å². The van der Waals surface area contributed by atoms with Crippen LogP contribution in [0.5, 0.6) is 11.5 Å². The summed E-state index contributed by atoms with van der Waals surface area (Å²) in [4.78, 5) is 0. The second-order valence-corrected chi connectivity index (χ2v) is 11.4. The average Bonchev–Trinajstić information content (AvgIpc) is 3.74. The summed E-state index contributed by atoms with van der Waals surface area (Å²) in [5.41, 5.74) is 4.59. The molecule has 0 aromatic heterocycles. The molecule has 3 aliphatic rings. The summed E-state index contributed by atoms with van der Waals surface area (Å²) in [6.07, 6.45) is 0.212. The van der Waals surface area contributed by atoms with Crippen molar-refractivity contribution < 1.29 is 38.6 Å². The number of benzene rings is 3. The molecule has 1 aliphatic carbocycles. The van der Waals surface area contributed by atoms with Crippen molar-refractivity contribution in [2.45, 2.75) is 82.3 Å². The number of fused-ring (bicyclic) bond motifs is 1. The van der Waals surface area contributed by atoms with E-state index in [4.69, 9.17) is 28.4 Å². The van der Waals surface area contributed by atoms with E-state index in [0.717, 1.165) is 24.0 Å². The maximum atomic E-state index is 9.64. The predicted octanol–water partition coefficient (Wildman–Crippen LogP) is 4.66. The first-order valence-electron chi connectivity index (χ1n) is 14.3. The third-order valence-corrected chi connectivity index (χ3v) is 8.08. The summed E-state index contributed by atoms with van der Waals surface area (Å²) in [7, 11) is 0. The van der Waals surface area contributed by atoms with E-state index < -0.39 is 24.2 Å². The zero-order chi connectivity index (χ0) is 28.8. The summed E-state index contributed by atoms with van der Waals surface area (Å²) in [6, 6.07) is 24.8. The summed E-state index contributed by atoms with van der Waals surface area (Å²) in [5, 5.41) is 19.3. The number of aryl methyl sites for hydroxylation is 1. The third kappa shape index (κ3) is 5.36. The van der Waals surface area contributed by atoms with Crippen molar-refractivity contribution in [3.63, 3.8) is 0 Å². The molecule has 3 aromatic rings. The van der Waals surface area contributed by atoms with Gasteiger partial charge in [-0.3, -0.25) is 0 Å². The fourth-order valence-electron chi connectivity index (χ4n) is 5.80. The van der Waals surface area contributed by atoms with Crippen LogP contribution in [0.4, 0.5) is 0 Å². The molecular formula is C33H38O8. The molecule has 2 aliphatic heterocycles. The zero-order valence-electron chi connectivity index (χ0n) is 23.9. The van der Waals surface area contributed by atoms with Gasteiger partial charge in [0.1, 0.15) is 11.5 Å². The van der Waals surface area contributed by atoms with Crippen LogP contribution >= 0.6 is 0 Å². The van der Waals surface area contributed by atoms with E-state index in [0.29, 0.717) is 11.5 Å². The van der Waals surface area contributed by atoms with Crippen molar-refractivity contribution in [3.05, 3.63) is 95.1 Å². The fourth-order valence-corrected chi connectivity index (χ4v) is 5.80. The summed E-state index contributed by atoms with van der Waals surface area (Å²) >= 11 is 0. The van der Waals surface area contributed by atoms with Crippen molar-refractivity contribution in [2.24, 2.45) is 0 Å². The van der Waals surface area contributed by atoms with Crippen molar-refractivity contribution in [1.82, 2.24) is 0 Å². The predicted molar refractivity (Wildman–Crippen MR) is 151 cm³/mol. The Balaban J connectivity index is 1.27. The fraction of sp³-hybridized carbons (Fsp3) is 0.455. The van der Waals surface area contributed by atoms with E-state index in [2.05, 4.69) is 48.5 Å². The molecule has 0 saturated carbocycles. The number of aliphatic hydroxyl groups excluding tert-OH is 2. The first-order chi connectivity index (χ1) is 19.7. The van der Waals surface area contributed by atoms with Gasteiger partial charge in [-0.25, -0.2) is 0 Å². The van der Waals surface area contributed by atoms with Gasteiger partial charge in [-0.2, -0.15) is 0 Å². The summed E-state index contributed by atoms with van der Waals surface area (Å²) in [6.45, 7) is 7.34. The van der Waals surface area contributed by atoms with Crippen molar-refractivity contribution in [3.8, 4) is 11.5 Å². The largest absolute Gasteiger partial charge is 0.437 e. The molecule has 6 unspecified atom stereocenters. The lowest BCUT2D eigenvalue weighted by Crippen LogP contribution is -2.30. The number of epoxide rings is 2. The molecule has 2 N–H and O–H groups in total. The lowest BCUT2D eigenvalue weighted by atomic mass is 9.70. The highest BCUT2D eigenvalue weighted by Gasteiger charge is 2.60. The van der Waals surface area contributed by atoms with Gasteiger partial charge in [0, 0.05) is 5.41 Å². The second kappa shape index (κ2) is 10.7. The van der Waals surface area contributed by atoms with E-state index in [1.54, 1.807) is 13.8 Å². The highest BCUT2D eigenvalue weighted by atomic mass is 17.0. The van der Waals surface area contributed by atoms with Gasteiger partial charge in [0.25, 0.3) is 0 Å². The van der Waals surface area contributed by atoms with Crippen LogP contribution in [0.25, 0.3) is 0 Å². The summed E-state index contributed by atoms with van der Waals surface area (Å²) < 4.78 is 34.9. The van der Waals surface area contributed by atoms with Crippen molar-refractivity contribution in [1.29, 1.82) is 0 Å². The number of hydrogen-bond donors (Lipinski definition) is 2.